The van der Waals surface area contributed by atoms with E-state index in [0.717, 1.165) is 30.2 Å². The maximum atomic E-state index is 13.1. The smallest absolute Gasteiger partial charge is 0.130 e. The van der Waals surface area contributed by atoms with Crippen molar-refractivity contribution in [2.45, 2.75) is 13.3 Å². The van der Waals surface area contributed by atoms with Crippen LogP contribution in [-0.4, -0.2) is 5.88 Å². The van der Waals surface area contributed by atoms with Crippen molar-refractivity contribution in [3.05, 3.63) is 41.0 Å². The Labute approximate surface area is 87.2 Å². The molecule has 76 valence electrons. The molecule has 0 heterocycles. The van der Waals surface area contributed by atoms with Crippen LogP contribution in [0.2, 0.25) is 0 Å². The normalized spacial score (nSPS) is 11.9. The maximum Gasteiger partial charge on any atom is 0.130 e. The number of hydrogen-bond donors (Lipinski definition) is 0. The third-order valence-electron chi connectivity index (χ3n) is 1.94. The van der Waals surface area contributed by atoms with Gasteiger partial charge in [0.05, 0.1) is 0 Å². The Morgan fingerprint density at radius 3 is 2.71 bits per heavy atom. The SMILES string of the molecule is CCC(=Cc1cc(F)ccc1F)CCl. The Bertz CT molecular complexity index is 339. The van der Waals surface area contributed by atoms with Gasteiger partial charge in [-0.2, -0.15) is 0 Å². The van der Waals surface area contributed by atoms with Gasteiger partial charge in [0.25, 0.3) is 0 Å². The molecule has 0 nitrogen and oxygen atoms in total. The molecule has 14 heavy (non-hydrogen) atoms. The zero-order chi connectivity index (χ0) is 10.6. The Morgan fingerprint density at radius 1 is 1.43 bits per heavy atom. The van der Waals surface area contributed by atoms with Gasteiger partial charge in [0.1, 0.15) is 11.6 Å². The Balaban J connectivity index is 3.06. The van der Waals surface area contributed by atoms with Crippen LogP contribution in [0.15, 0.2) is 23.8 Å². The van der Waals surface area contributed by atoms with Crippen LogP contribution in [-0.2, 0) is 0 Å². The van der Waals surface area contributed by atoms with E-state index in [1.807, 2.05) is 6.92 Å². The van der Waals surface area contributed by atoms with Crippen LogP contribution in [0.5, 0.6) is 0 Å². The first kappa shape index (κ1) is 11.2. The molecule has 0 saturated carbocycles. The summed E-state index contributed by atoms with van der Waals surface area (Å²) in [6.45, 7) is 1.92. The lowest BCUT2D eigenvalue weighted by Gasteiger charge is -2.01. The zero-order valence-electron chi connectivity index (χ0n) is 7.86. The van der Waals surface area contributed by atoms with E-state index in [4.69, 9.17) is 11.6 Å². The summed E-state index contributed by atoms with van der Waals surface area (Å²) >= 11 is 5.63. The Kier molecular flexibility index (Phi) is 4.08. The van der Waals surface area contributed by atoms with Gasteiger partial charge in [0.2, 0.25) is 0 Å². The van der Waals surface area contributed by atoms with Crippen LogP contribution >= 0.6 is 11.6 Å². The van der Waals surface area contributed by atoms with E-state index in [9.17, 15) is 8.78 Å². The fraction of sp³-hybridized carbons (Fsp3) is 0.273. The second-order valence-electron chi connectivity index (χ2n) is 2.96. The molecule has 0 aliphatic heterocycles. The number of allylic oxidation sites excluding steroid dienone is 1. The van der Waals surface area contributed by atoms with E-state index < -0.39 is 11.6 Å². The average molecular weight is 217 g/mol. The van der Waals surface area contributed by atoms with Gasteiger partial charge in [-0.3, -0.25) is 0 Å². The Morgan fingerprint density at radius 2 is 2.14 bits per heavy atom. The summed E-state index contributed by atoms with van der Waals surface area (Å²) in [4.78, 5) is 0. The molecule has 1 rings (SSSR count). The molecule has 0 atom stereocenters. The first-order valence-electron chi connectivity index (χ1n) is 4.37. The molecule has 0 N–H and O–H groups in total. The predicted octanol–water partition coefficient (Wildman–Crippen LogP) is 4.00. The molecule has 1 aromatic rings. The van der Waals surface area contributed by atoms with Gasteiger partial charge in [0, 0.05) is 11.4 Å². The van der Waals surface area contributed by atoms with Crippen molar-refractivity contribution in [3.8, 4) is 0 Å². The second kappa shape index (κ2) is 5.11. The summed E-state index contributed by atoms with van der Waals surface area (Å²) in [6.07, 6.45) is 2.32. The highest BCUT2D eigenvalue weighted by molar-refractivity contribution is 6.19. The van der Waals surface area contributed by atoms with E-state index in [1.165, 1.54) is 0 Å². The number of alkyl halides is 1. The van der Waals surface area contributed by atoms with Crippen molar-refractivity contribution in [1.29, 1.82) is 0 Å². The Hall–Kier alpha value is -0.890. The van der Waals surface area contributed by atoms with Gasteiger partial charge in [0.15, 0.2) is 0 Å². The van der Waals surface area contributed by atoms with E-state index >= 15 is 0 Å². The summed E-state index contributed by atoms with van der Waals surface area (Å²) in [5.74, 6) is -0.531. The summed E-state index contributed by atoms with van der Waals surface area (Å²) in [7, 11) is 0. The van der Waals surface area contributed by atoms with Crippen molar-refractivity contribution >= 4 is 17.7 Å². The van der Waals surface area contributed by atoms with Crippen molar-refractivity contribution in [1.82, 2.24) is 0 Å². The van der Waals surface area contributed by atoms with Crippen LogP contribution in [0.25, 0.3) is 6.08 Å². The van der Waals surface area contributed by atoms with E-state index in [1.54, 1.807) is 6.08 Å². The first-order valence-corrected chi connectivity index (χ1v) is 4.91. The third kappa shape index (κ3) is 2.81. The minimum absolute atomic E-state index is 0.252. The third-order valence-corrected chi connectivity index (χ3v) is 2.29. The molecule has 0 amide bonds. The molecule has 0 unspecified atom stereocenters. The van der Waals surface area contributed by atoms with Gasteiger partial charge >= 0.3 is 0 Å². The van der Waals surface area contributed by atoms with E-state index in [0.29, 0.717) is 5.88 Å². The van der Waals surface area contributed by atoms with Gasteiger partial charge < -0.3 is 0 Å². The highest BCUT2D eigenvalue weighted by Crippen LogP contribution is 2.15. The molecule has 0 aliphatic rings. The highest BCUT2D eigenvalue weighted by atomic mass is 35.5. The van der Waals surface area contributed by atoms with Gasteiger partial charge in [-0.25, -0.2) is 8.78 Å². The van der Waals surface area contributed by atoms with Gasteiger partial charge in [-0.1, -0.05) is 18.6 Å². The zero-order valence-corrected chi connectivity index (χ0v) is 8.61. The van der Waals surface area contributed by atoms with E-state index in [2.05, 4.69) is 0 Å². The highest BCUT2D eigenvalue weighted by Gasteiger charge is 2.02. The maximum absolute atomic E-state index is 13.1. The number of rotatable bonds is 3. The largest absolute Gasteiger partial charge is 0.207 e. The summed E-state index contributed by atoms with van der Waals surface area (Å²) in [5.41, 5.74) is 1.14. The fourth-order valence-electron chi connectivity index (χ4n) is 1.08. The van der Waals surface area contributed by atoms with Crippen LogP contribution in [0.4, 0.5) is 8.78 Å². The van der Waals surface area contributed by atoms with Crippen LogP contribution in [0.3, 0.4) is 0 Å². The minimum atomic E-state index is -0.442. The van der Waals surface area contributed by atoms with Crippen LogP contribution < -0.4 is 0 Å². The first-order chi connectivity index (χ1) is 6.67. The molecule has 0 spiro atoms. The van der Waals surface area contributed by atoms with Gasteiger partial charge in [-0.15, -0.1) is 11.6 Å². The summed E-state index contributed by atoms with van der Waals surface area (Å²) < 4.78 is 25.9. The summed E-state index contributed by atoms with van der Waals surface area (Å²) in [6, 6.07) is 3.37. The van der Waals surface area contributed by atoms with Gasteiger partial charge in [-0.05, 0) is 24.6 Å². The van der Waals surface area contributed by atoms with Crippen LogP contribution in [0.1, 0.15) is 18.9 Å². The molecule has 0 radical (unpaired) electrons. The molecular weight excluding hydrogens is 206 g/mol. The fourth-order valence-corrected chi connectivity index (χ4v) is 1.35. The average Bonchev–Trinajstić information content (AvgIpc) is 2.19. The molecule has 0 aromatic heterocycles. The molecule has 0 saturated heterocycles. The van der Waals surface area contributed by atoms with Crippen molar-refractivity contribution in [2.75, 3.05) is 5.88 Å². The van der Waals surface area contributed by atoms with Crippen molar-refractivity contribution in [3.63, 3.8) is 0 Å². The molecule has 3 heteroatoms. The van der Waals surface area contributed by atoms with Crippen LogP contribution in [0, 0.1) is 11.6 Å². The molecular formula is C11H11ClF2. The topological polar surface area (TPSA) is 0 Å². The summed E-state index contributed by atoms with van der Waals surface area (Å²) in [5, 5.41) is 0. The van der Waals surface area contributed by atoms with Crippen molar-refractivity contribution in [2.24, 2.45) is 0 Å². The van der Waals surface area contributed by atoms with Crippen molar-refractivity contribution < 1.29 is 8.78 Å². The molecule has 0 fully saturated rings. The standard InChI is InChI=1S/C11H11ClF2/c1-2-8(7-12)5-9-6-10(13)3-4-11(9)14/h3-6H,2,7H2,1H3. The lowest BCUT2D eigenvalue weighted by molar-refractivity contribution is 0.598. The minimum Gasteiger partial charge on any atom is -0.207 e. The molecule has 1 aromatic carbocycles. The molecule has 0 bridgehead atoms. The predicted molar refractivity (Wildman–Crippen MR) is 55.3 cm³/mol. The monoisotopic (exact) mass is 216 g/mol. The lowest BCUT2D eigenvalue weighted by atomic mass is 10.1. The second-order valence-corrected chi connectivity index (χ2v) is 3.22. The number of benzene rings is 1. The number of halogens is 3. The molecule has 0 aliphatic carbocycles. The van der Waals surface area contributed by atoms with E-state index in [-0.39, 0.29) is 5.56 Å². The lowest BCUT2D eigenvalue weighted by Crippen LogP contribution is -1.88. The number of hydrogen-bond acceptors (Lipinski definition) is 0. The quantitative estimate of drug-likeness (QED) is 0.670.